The lowest BCUT2D eigenvalue weighted by Gasteiger charge is -2.07. The van der Waals surface area contributed by atoms with Gasteiger partial charge in [0.2, 0.25) is 0 Å². The predicted molar refractivity (Wildman–Crippen MR) is 159 cm³/mol. The van der Waals surface area contributed by atoms with Crippen molar-refractivity contribution in [1.29, 1.82) is 0 Å². The molecular formula is C25H54N6O13. The van der Waals surface area contributed by atoms with Crippen LogP contribution in [0.5, 0.6) is 0 Å². The Kier molecular flexibility index (Phi) is 33.8. The fourth-order valence-corrected chi connectivity index (χ4v) is 1.87. The molecular weight excluding hydrogens is 592 g/mol. The van der Waals surface area contributed by atoms with E-state index in [0.29, 0.717) is 12.3 Å². The van der Waals surface area contributed by atoms with E-state index in [0.717, 1.165) is 19.4 Å². The van der Waals surface area contributed by atoms with E-state index in [1.165, 1.54) is 13.8 Å². The van der Waals surface area contributed by atoms with Crippen molar-refractivity contribution in [2.75, 3.05) is 13.2 Å². The van der Waals surface area contributed by atoms with Crippen LogP contribution in [-0.2, 0) is 28.8 Å². The van der Waals surface area contributed by atoms with Gasteiger partial charge in [0.25, 0.3) is 0 Å². The summed E-state index contributed by atoms with van der Waals surface area (Å²) in [6, 6.07) is -4.26. The number of aliphatic carboxylic acids is 6. The zero-order valence-corrected chi connectivity index (χ0v) is 26.1. The van der Waals surface area contributed by atoms with Gasteiger partial charge in [0.05, 0.1) is 6.61 Å². The maximum Gasteiger partial charge on any atom is 0.322 e. The van der Waals surface area contributed by atoms with Gasteiger partial charge in [-0.05, 0) is 51.5 Å². The molecule has 44 heavy (non-hydrogen) atoms. The molecule has 0 aromatic rings. The van der Waals surface area contributed by atoms with Gasteiger partial charge in [0.15, 0.2) is 0 Å². The fraction of sp³-hybridized carbons (Fsp3) is 0.760. The van der Waals surface area contributed by atoms with E-state index in [2.05, 4.69) is 5.32 Å². The van der Waals surface area contributed by atoms with Crippen molar-refractivity contribution < 1.29 is 64.5 Å². The third-order valence-corrected chi connectivity index (χ3v) is 4.70. The second-order valence-corrected chi connectivity index (χ2v) is 10.1. The number of nitrogens with one attached hydrogen (secondary N) is 1. The zero-order chi connectivity index (χ0) is 36.3. The van der Waals surface area contributed by atoms with E-state index in [9.17, 15) is 28.8 Å². The number of hydrogen-bond donors (Lipinski definition) is 13. The van der Waals surface area contributed by atoms with Gasteiger partial charge in [-0.3, -0.25) is 28.8 Å². The minimum atomic E-state index is -1.18. The first-order valence-corrected chi connectivity index (χ1v) is 13.4. The number of carbonyl (C=O) groups is 6. The van der Waals surface area contributed by atoms with E-state index in [4.69, 9.17) is 64.4 Å². The summed E-state index contributed by atoms with van der Waals surface area (Å²) in [5, 5.41) is 59.4. The van der Waals surface area contributed by atoms with Crippen LogP contribution in [-0.4, -0.2) is 121 Å². The Hall–Kier alpha value is -3.46. The summed E-state index contributed by atoms with van der Waals surface area (Å²) in [6.45, 7) is 10.6. The Balaban J connectivity index is -0.000000139. The highest BCUT2D eigenvalue weighted by Crippen LogP contribution is 2.03. The van der Waals surface area contributed by atoms with Gasteiger partial charge in [-0.15, -0.1) is 0 Å². The zero-order valence-electron chi connectivity index (χ0n) is 26.1. The second kappa shape index (κ2) is 29.6. The van der Waals surface area contributed by atoms with Crippen molar-refractivity contribution in [3.05, 3.63) is 0 Å². The first-order valence-electron chi connectivity index (χ1n) is 13.4. The normalized spacial score (nSPS) is 16.4. The predicted octanol–water partition coefficient (Wildman–Crippen LogP) is -2.45. The summed E-state index contributed by atoms with van der Waals surface area (Å²) in [4.78, 5) is 59.1. The van der Waals surface area contributed by atoms with Crippen LogP contribution in [0.15, 0.2) is 0 Å². The quantitative estimate of drug-likeness (QED) is 0.117. The summed E-state index contributed by atoms with van der Waals surface area (Å²) in [7, 11) is 0. The number of carboxylic acids is 6. The molecule has 0 aliphatic carbocycles. The van der Waals surface area contributed by atoms with Crippen molar-refractivity contribution in [3.63, 3.8) is 0 Å². The van der Waals surface area contributed by atoms with Crippen molar-refractivity contribution in [3.8, 4) is 0 Å². The molecule has 0 aromatic heterocycles. The molecule has 6 atom stereocenters. The van der Waals surface area contributed by atoms with E-state index in [1.54, 1.807) is 13.8 Å². The number of carboxylic acid groups (broad SMARTS) is 6. The molecule has 1 aliphatic heterocycles. The van der Waals surface area contributed by atoms with Gasteiger partial charge in [0, 0.05) is 0 Å². The molecule has 1 saturated heterocycles. The van der Waals surface area contributed by atoms with Crippen molar-refractivity contribution in [1.82, 2.24) is 5.32 Å². The molecule has 0 aromatic carbocycles. The minimum absolute atomic E-state index is 0.0208. The molecule has 0 unspecified atom stereocenters. The van der Waals surface area contributed by atoms with Gasteiger partial charge >= 0.3 is 35.8 Å². The van der Waals surface area contributed by atoms with Gasteiger partial charge in [-0.1, -0.05) is 27.7 Å². The van der Waals surface area contributed by atoms with Crippen LogP contribution in [0.4, 0.5) is 0 Å². The number of hydrogen-bond acceptors (Lipinski definition) is 13. The maximum absolute atomic E-state index is 10.1. The lowest BCUT2D eigenvalue weighted by molar-refractivity contribution is -0.140. The lowest BCUT2D eigenvalue weighted by Crippen LogP contribution is -2.34. The van der Waals surface area contributed by atoms with Crippen molar-refractivity contribution in [2.45, 2.75) is 97.1 Å². The standard InChI is InChI=1S/C6H13NO2.C5H9NO2.C5H11NO2.C3H7NO3.2C3H7NO2/c1-4(2)3-5(7)6(8)9;7-5(8)4-2-1-3-6-4;1-3(2)4(6)5(7)8;4-2(1-5)3(6)7;2*1-2(4)3(5)6/h4-5H,3,7H2,1-2H3,(H,8,9);4,6H,1-3H2,(H,7,8);3-4H,6H2,1-2H3,(H,7,8);2,5H,1,4H2,(H,6,7);2*2H,4H2,1H3,(H,5,6)/t5-;2*4-;3*2-/m000000/s1. The molecule has 0 saturated carbocycles. The molecule has 0 spiro atoms. The first kappa shape index (κ1) is 50.2. The largest absolute Gasteiger partial charge is 0.480 e. The Morgan fingerprint density at radius 2 is 1.02 bits per heavy atom. The lowest BCUT2D eigenvalue weighted by atomic mass is 10.1. The maximum atomic E-state index is 10.1. The molecule has 262 valence electrons. The van der Waals surface area contributed by atoms with Gasteiger partial charge in [-0.25, -0.2) is 0 Å². The van der Waals surface area contributed by atoms with E-state index >= 15 is 0 Å². The fourth-order valence-electron chi connectivity index (χ4n) is 1.87. The molecule has 1 heterocycles. The average molecular weight is 647 g/mol. The molecule has 19 heteroatoms. The highest BCUT2D eigenvalue weighted by atomic mass is 16.4. The summed E-state index contributed by atoms with van der Waals surface area (Å²) < 4.78 is 0. The van der Waals surface area contributed by atoms with Gasteiger partial charge in [-0.2, -0.15) is 0 Å². The third kappa shape index (κ3) is 38.5. The SMILES string of the molecule is CC(C)C[C@H](N)C(=O)O.CC(C)[C@H](N)C(=O)O.C[C@H](N)C(=O)O.C[C@H](N)C(=O)O.N[C@@H](CO)C(=O)O.O=C(O)[C@@H]1CCCN1. The van der Waals surface area contributed by atoms with E-state index < -0.39 is 72.6 Å². The van der Waals surface area contributed by atoms with Gasteiger partial charge < -0.3 is 69.7 Å². The summed E-state index contributed by atoms with van der Waals surface area (Å²) >= 11 is 0. The topological polar surface area (TPSA) is 386 Å². The summed E-state index contributed by atoms with van der Waals surface area (Å²) in [5.41, 5.74) is 24.8. The second-order valence-electron chi connectivity index (χ2n) is 10.1. The van der Waals surface area contributed by atoms with Crippen LogP contribution in [0, 0.1) is 11.8 Å². The molecule has 0 radical (unpaired) electrons. The molecule has 1 aliphatic rings. The number of rotatable bonds is 10. The Bertz CT molecular complexity index is 790. The third-order valence-electron chi connectivity index (χ3n) is 4.70. The molecule has 1 fully saturated rings. The Morgan fingerprint density at radius 1 is 0.659 bits per heavy atom. The van der Waals surface area contributed by atoms with Crippen LogP contribution in [0.2, 0.25) is 0 Å². The van der Waals surface area contributed by atoms with Crippen LogP contribution in [0.25, 0.3) is 0 Å². The number of aliphatic hydroxyl groups excluding tert-OH is 1. The molecule has 0 bridgehead atoms. The number of aliphatic hydroxyl groups is 1. The van der Waals surface area contributed by atoms with Crippen molar-refractivity contribution >= 4 is 35.8 Å². The van der Waals surface area contributed by atoms with E-state index in [-0.39, 0.29) is 12.0 Å². The first-order chi connectivity index (χ1) is 19.9. The molecule has 18 N–H and O–H groups in total. The highest BCUT2D eigenvalue weighted by molar-refractivity contribution is 5.74. The smallest absolute Gasteiger partial charge is 0.322 e. The van der Waals surface area contributed by atoms with Gasteiger partial charge in [0.1, 0.15) is 36.3 Å². The van der Waals surface area contributed by atoms with E-state index in [1.807, 2.05) is 13.8 Å². The van der Waals surface area contributed by atoms with Crippen LogP contribution >= 0.6 is 0 Å². The Morgan fingerprint density at radius 3 is 1.09 bits per heavy atom. The van der Waals surface area contributed by atoms with Crippen LogP contribution in [0.1, 0.15) is 60.8 Å². The monoisotopic (exact) mass is 646 g/mol. The summed E-state index contributed by atoms with van der Waals surface area (Å²) in [5.74, 6) is -5.29. The molecule has 19 nitrogen and oxygen atoms in total. The highest BCUT2D eigenvalue weighted by Gasteiger charge is 2.20. The average Bonchev–Trinajstić information content (AvgIpc) is 3.44. The van der Waals surface area contributed by atoms with Crippen molar-refractivity contribution in [2.24, 2.45) is 40.5 Å². The molecule has 0 amide bonds. The minimum Gasteiger partial charge on any atom is -0.480 e. The van der Waals surface area contributed by atoms with Crippen LogP contribution in [0.3, 0.4) is 0 Å². The Labute approximate surface area is 256 Å². The number of nitrogens with two attached hydrogens (primary N) is 5. The van der Waals surface area contributed by atoms with Crippen LogP contribution < -0.4 is 34.0 Å². The molecule has 1 rings (SSSR count). The summed E-state index contributed by atoms with van der Waals surface area (Å²) in [6.07, 6.45) is 2.33.